The van der Waals surface area contributed by atoms with Crippen LogP contribution < -0.4 is 10.1 Å². The number of aromatic nitrogens is 2. The van der Waals surface area contributed by atoms with Gasteiger partial charge in [0.25, 0.3) is 0 Å². The highest BCUT2D eigenvalue weighted by Crippen LogP contribution is 2.24. The Morgan fingerprint density at radius 1 is 1.19 bits per heavy atom. The van der Waals surface area contributed by atoms with Gasteiger partial charge in [0.2, 0.25) is 21.8 Å². The van der Waals surface area contributed by atoms with E-state index in [2.05, 4.69) is 15.3 Å². The van der Waals surface area contributed by atoms with E-state index >= 15 is 0 Å². The van der Waals surface area contributed by atoms with E-state index in [1.807, 2.05) is 0 Å². The molecular formula is C18H22N4O4S. The van der Waals surface area contributed by atoms with Crippen LogP contribution in [0.25, 0.3) is 0 Å². The first-order valence-corrected chi connectivity index (χ1v) is 10.1. The number of anilines is 1. The quantitative estimate of drug-likeness (QED) is 0.838. The number of nitrogens with zero attached hydrogens (tertiary/aromatic N) is 3. The minimum absolute atomic E-state index is 0.0760. The SMILES string of the molecule is CC(=O)Nc1ccc(S(=O)(=O)N2CCC(Oc3ccnc(C)n3)CC2)cc1. The number of rotatable bonds is 5. The van der Waals surface area contributed by atoms with Crippen LogP contribution in [-0.4, -0.2) is 47.8 Å². The van der Waals surface area contributed by atoms with Crippen molar-refractivity contribution in [1.29, 1.82) is 0 Å². The maximum absolute atomic E-state index is 12.8. The van der Waals surface area contributed by atoms with E-state index in [4.69, 9.17) is 4.74 Å². The molecule has 1 aromatic heterocycles. The van der Waals surface area contributed by atoms with E-state index in [-0.39, 0.29) is 16.9 Å². The van der Waals surface area contributed by atoms with Gasteiger partial charge in [-0.1, -0.05) is 0 Å². The maximum Gasteiger partial charge on any atom is 0.243 e. The Labute approximate surface area is 158 Å². The molecular weight excluding hydrogens is 368 g/mol. The molecule has 0 unspecified atom stereocenters. The molecule has 0 spiro atoms. The van der Waals surface area contributed by atoms with Gasteiger partial charge in [-0.2, -0.15) is 9.29 Å². The van der Waals surface area contributed by atoms with E-state index in [1.54, 1.807) is 31.3 Å². The molecule has 1 aliphatic rings. The number of hydrogen-bond acceptors (Lipinski definition) is 6. The Balaban J connectivity index is 1.61. The summed E-state index contributed by atoms with van der Waals surface area (Å²) in [7, 11) is -3.57. The van der Waals surface area contributed by atoms with Crippen LogP contribution in [0.5, 0.6) is 5.88 Å². The van der Waals surface area contributed by atoms with Crippen molar-refractivity contribution in [3.8, 4) is 5.88 Å². The van der Waals surface area contributed by atoms with Crippen LogP contribution in [0.15, 0.2) is 41.4 Å². The van der Waals surface area contributed by atoms with Crippen LogP contribution in [0, 0.1) is 6.92 Å². The monoisotopic (exact) mass is 390 g/mol. The summed E-state index contributed by atoms with van der Waals surface area (Å²) in [5, 5.41) is 2.62. The second kappa shape index (κ2) is 8.01. The minimum Gasteiger partial charge on any atom is -0.474 e. The van der Waals surface area contributed by atoms with Crippen molar-refractivity contribution in [2.45, 2.75) is 37.7 Å². The molecule has 1 N–H and O–H groups in total. The van der Waals surface area contributed by atoms with Gasteiger partial charge in [-0.15, -0.1) is 0 Å². The van der Waals surface area contributed by atoms with E-state index < -0.39 is 10.0 Å². The fraction of sp³-hybridized carbons (Fsp3) is 0.389. The van der Waals surface area contributed by atoms with E-state index in [9.17, 15) is 13.2 Å². The first kappa shape index (κ1) is 19.2. The fourth-order valence-electron chi connectivity index (χ4n) is 2.92. The zero-order chi connectivity index (χ0) is 19.4. The second-order valence-electron chi connectivity index (χ2n) is 6.37. The van der Waals surface area contributed by atoms with Crippen LogP contribution in [0.1, 0.15) is 25.6 Å². The molecule has 1 amide bonds. The number of benzene rings is 1. The molecule has 8 nitrogen and oxygen atoms in total. The predicted octanol–water partition coefficient (Wildman–Crippen LogP) is 1.98. The predicted molar refractivity (Wildman–Crippen MR) is 99.9 cm³/mol. The summed E-state index contributed by atoms with van der Waals surface area (Å²) in [6, 6.07) is 7.88. The van der Waals surface area contributed by atoms with Gasteiger partial charge in [0.15, 0.2) is 0 Å². The first-order valence-electron chi connectivity index (χ1n) is 8.69. The molecule has 0 atom stereocenters. The highest BCUT2D eigenvalue weighted by Gasteiger charge is 2.30. The highest BCUT2D eigenvalue weighted by atomic mass is 32.2. The van der Waals surface area contributed by atoms with Gasteiger partial charge in [0.1, 0.15) is 11.9 Å². The van der Waals surface area contributed by atoms with E-state index in [0.29, 0.717) is 43.3 Å². The average Bonchev–Trinajstić information content (AvgIpc) is 2.62. The van der Waals surface area contributed by atoms with E-state index in [0.717, 1.165) is 0 Å². The lowest BCUT2D eigenvalue weighted by molar-refractivity contribution is -0.114. The molecule has 0 aliphatic carbocycles. The third kappa shape index (κ3) is 4.81. The summed E-state index contributed by atoms with van der Waals surface area (Å²) >= 11 is 0. The zero-order valence-electron chi connectivity index (χ0n) is 15.3. The Bertz CT molecular complexity index is 907. The molecule has 2 heterocycles. The molecule has 0 bridgehead atoms. The number of piperidine rings is 1. The van der Waals surface area contributed by atoms with Gasteiger partial charge in [0, 0.05) is 38.0 Å². The Hall–Kier alpha value is -2.52. The van der Waals surface area contributed by atoms with Crippen LogP contribution in [0.2, 0.25) is 0 Å². The van der Waals surface area contributed by atoms with E-state index in [1.165, 1.54) is 23.4 Å². The fourth-order valence-corrected chi connectivity index (χ4v) is 4.39. The number of carbonyl (C=O) groups excluding carboxylic acids is 1. The lowest BCUT2D eigenvalue weighted by Crippen LogP contribution is -2.41. The number of hydrogen-bond donors (Lipinski definition) is 1. The minimum atomic E-state index is -3.57. The molecule has 0 saturated carbocycles. The van der Waals surface area contributed by atoms with Gasteiger partial charge in [-0.05, 0) is 44.0 Å². The molecule has 1 aromatic carbocycles. The van der Waals surface area contributed by atoms with Crippen molar-refractivity contribution < 1.29 is 17.9 Å². The van der Waals surface area contributed by atoms with Crippen LogP contribution in [0.3, 0.4) is 0 Å². The Morgan fingerprint density at radius 3 is 2.44 bits per heavy atom. The molecule has 144 valence electrons. The molecule has 3 rings (SSSR count). The van der Waals surface area contributed by atoms with Gasteiger partial charge >= 0.3 is 0 Å². The lowest BCUT2D eigenvalue weighted by Gasteiger charge is -2.31. The van der Waals surface area contributed by atoms with Crippen LogP contribution in [-0.2, 0) is 14.8 Å². The zero-order valence-corrected chi connectivity index (χ0v) is 16.1. The van der Waals surface area contributed by atoms with Crippen molar-refractivity contribution in [3.05, 3.63) is 42.4 Å². The number of ether oxygens (including phenoxy) is 1. The molecule has 2 aromatic rings. The number of nitrogens with one attached hydrogen (secondary N) is 1. The van der Waals surface area contributed by atoms with Crippen molar-refractivity contribution >= 4 is 21.6 Å². The molecule has 0 radical (unpaired) electrons. The summed E-state index contributed by atoms with van der Waals surface area (Å²) < 4.78 is 32.9. The standard InChI is InChI=1S/C18H22N4O4S/c1-13-19-10-7-18(20-13)26-16-8-11-22(12-9-16)27(24,25)17-5-3-15(4-6-17)21-14(2)23/h3-7,10,16H,8-9,11-12H2,1-2H3,(H,21,23). The lowest BCUT2D eigenvalue weighted by atomic mass is 10.1. The summed E-state index contributed by atoms with van der Waals surface area (Å²) in [6.07, 6.45) is 2.74. The van der Waals surface area contributed by atoms with Crippen molar-refractivity contribution in [2.75, 3.05) is 18.4 Å². The maximum atomic E-state index is 12.8. The number of aryl methyl sites for hydroxylation is 1. The largest absolute Gasteiger partial charge is 0.474 e. The highest BCUT2D eigenvalue weighted by molar-refractivity contribution is 7.89. The third-order valence-electron chi connectivity index (χ3n) is 4.25. The first-order chi connectivity index (χ1) is 12.8. The summed E-state index contributed by atoms with van der Waals surface area (Å²) in [6.45, 7) is 3.95. The number of sulfonamides is 1. The van der Waals surface area contributed by atoms with Gasteiger partial charge in [-0.25, -0.2) is 13.4 Å². The molecule has 1 aliphatic heterocycles. The molecule has 9 heteroatoms. The van der Waals surface area contributed by atoms with Crippen LogP contribution in [0.4, 0.5) is 5.69 Å². The number of carbonyl (C=O) groups is 1. The summed E-state index contributed by atoms with van der Waals surface area (Å²) in [5.74, 6) is 0.944. The van der Waals surface area contributed by atoms with Crippen molar-refractivity contribution in [1.82, 2.24) is 14.3 Å². The summed E-state index contributed by atoms with van der Waals surface area (Å²) in [4.78, 5) is 19.5. The Kier molecular flexibility index (Phi) is 5.71. The third-order valence-corrected chi connectivity index (χ3v) is 6.16. The molecule has 1 fully saturated rings. The van der Waals surface area contributed by atoms with Gasteiger partial charge < -0.3 is 10.1 Å². The smallest absolute Gasteiger partial charge is 0.243 e. The van der Waals surface area contributed by atoms with Gasteiger partial charge in [0.05, 0.1) is 4.90 Å². The normalized spacial score (nSPS) is 16.1. The van der Waals surface area contributed by atoms with Crippen LogP contribution >= 0.6 is 0 Å². The Morgan fingerprint density at radius 2 is 1.85 bits per heavy atom. The second-order valence-corrected chi connectivity index (χ2v) is 8.31. The van der Waals surface area contributed by atoms with Gasteiger partial charge in [-0.3, -0.25) is 4.79 Å². The average molecular weight is 390 g/mol. The summed E-state index contributed by atoms with van der Waals surface area (Å²) in [5.41, 5.74) is 0.564. The molecule has 27 heavy (non-hydrogen) atoms. The number of amides is 1. The van der Waals surface area contributed by atoms with Crippen molar-refractivity contribution in [3.63, 3.8) is 0 Å². The topological polar surface area (TPSA) is 101 Å². The molecule has 1 saturated heterocycles. The van der Waals surface area contributed by atoms with Crippen molar-refractivity contribution in [2.24, 2.45) is 0 Å².